The summed E-state index contributed by atoms with van der Waals surface area (Å²) in [6.45, 7) is 0.549. The minimum Gasteiger partial charge on any atom is -0.481 e. The molecule has 1 saturated heterocycles. The van der Waals surface area contributed by atoms with E-state index in [9.17, 15) is 19.5 Å². The molecule has 2 amide bonds. The predicted octanol–water partition coefficient (Wildman–Crippen LogP) is -0.919. The Kier molecular flexibility index (Phi) is 4.90. The number of carbonyl (C=O) groups is 3. The van der Waals surface area contributed by atoms with Gasteiger partial charge in [-0.3, -0.25) is 4.79 Å². The first-order chi connectivity index (χ1) is 8.40. The second kappa shape index (κ2) is 6.20. The summed E-state index contributed by atoms with van der Waals surface area (Å²) in [4.78, 5) is 34.2. The number of nitrogens with one attached hydrogen (secondary N) is 1. The molecule has 2 atom stereocenters. The van der Waals surface area contributed by atoms with Gasteiger partial charge in [-0.2, -0.15) is 0 Å². The molecule has 1 aliphatic rings. The lowest BCUT2D eigenvalue weighted by Crippen LogP contribution is -2.52. The van der Waals surface area contributed by atoms with Crippen LogP contribution in [0.3, 0.4) is 0 Å². The van der Waals surface area contributed by atoms with E-state index in [1.54, 1.807) is 0 Å². The lowest BCUT2D eigenvalue weighted by molar-refractivity contribution is -0.145. The molecule has 1 rings (SSSR count). The molecule has 4 N–H and O–H groups in total. The first-order valence-electron chi connectivity index (χ1n) is 5.58. The van der Waals surface area contributed by atoms with Crippen molar-refractivity contribution in [1.29, 1.82) is 0 Å². The van der Waals surface area contributed by atoms with Gasteiger partial charge in [0.25, 0.3) is 0 Å². The molecule has 1 heterocycles. The third kappa shape index (κ3) is 4.21. The number of rotatable bonds is 4. The molecule has 0 aromatic heterocycles. The average molecular weight is 260 g/mol. The molecule has 1 unspecified atom stereocenters. The van der Waals surface area contributed by atoms with Gasteiger partial charge in [-0.05, 0) is 12.8 Å². The number of β-amino-alcohol motifs (C(OH)–C–C–N with tert-alkyl or cyclic N) is 1. The molecular weight excluding hydrogens is 244 g/mol. The van der Waals surface area contributed by atoms with Gasteiger partial charge >= 0.3 is 18.0 Å². The topological polar surface area (TPSA) is 127 Å². The lowest BCUT2D eigenvalue weighted by atomic mass is 10.1. The molecule has 0 spiro atoms. The van der Waals surface area contributed by atoms with E-state index in [2.05, 4.69) is 5.32 Å². The Morgan fingerprint density at radius 1 is 1.33 bits per heavy atom. The van der Waals surface area contributed by atoms with Crippen molar-refractivity contribution in [2.45, 2.75) is 31.4 Å². The van der Waals surface area contributed by atoms with E-state index >= 15 is 0 Å². The fourth-order valence-electron chi connectivity index (χ4n) is 1.75. The van der Waals surface area contributed by atoms with Gasteiger partial charge in [0, 0.05) is 13.1 Å². The van der Waals surface area contributed by atoms with Crippen LogP contribution in [0, 0.1) is 0 Å². The highest BCUT2D eigenvalue weighted by Gasteiger charge is 2.27. The number of carbonyl (C=O) groups excluding carboxylic acids is 1. The predicted molar refractivity (Wildman–Crippen MR) is 59.0 cm³/mol. The molecule has 102 valence electrons. The van der Waals surface area contributed by atoms with E-state index < -0.39 is 36.5 Å². The standard InChI is InChI=1S/C10H16N2O6/c13-6-2-1-3-12(5-6)10(18)11-7(9(16)17)4-8(14)15/h6-7,13H,1-5H2,(H,11,18)(H,14,15)(H,16,17)/t6?,7-/m0/s1. The Hall–Kier alpha value is -1.83. The summed E-state index contributed by atoms with van der Waals surface area (Å²) in [5.41, 5.74) is 0. The number of nitrogens with zero attached hydrogens (tertiary/aromatic N) is 1. The number of carboxylic acids is 2. The van der Waals surface area contributed by atoms with E-state index in [0.29, 0.717) is 19.4 Å². The van der Waals surface area contributed by atoms with Crippen LogP contribution in [0.25, 0.3) is 0 Å². The van der Waals surface area contributed by atoms with Gasteiger partial charge in [0.15, 0.2) is 0 Å². The number of piperidine rings is 1. The zero-order chi connectivity index (χ0) is 13.7. The fraction of sp³-hybridized carbons (Fsp3) is 0.700. The number of aliphatic hydroxyl groups excluding tert-OH is 1. The maximum Gasteiger partial charge on any atom is 0.326 e. The lowest BCUT2D eigenvalue weighted by Gasteiger charge is -2.30. The zero-order valence-electron chi connectivity index (χ0n) is 9.70. The summed E-state index contributed by atoms with van der Waals surface area (Å²) >= 11 is 0. The summed E-state index contributed by atoms with van der Waals surface area (Å²) in [5, 5.41) is 28.8. The van der Waals surface area contributed by atoms with E-state index in [-0.39, 0.29) is 6.54 Å². The number of aliphatic carboxylic acids is 2. The van der Waals surface area contributed by atoms with Crippen LogP contribution in [0.1, 0.15) is 19.3 Å². The van der Waals surface area contributed by atoms with E-state index in [0.717, 1.165) is 0 Å². The van der Waals surface area contributed by atoms with Crippen molar-refractivity contribution in [3.05, 3.63) is 0 Å². The number of hydrogen-bond acceptors (Lipinski definition) is 4. The molecule has 0 saturated carbocycles. The van der Waals surface area contributed by atoms with Crippen LogP contribution >= 0.6 is 0 Å². The van der Waals surface area contributed by atoms with Gasteiger partial charge in [-0.25, -0.2) is 9.59 Å². The Morgan fingerprint density at radius 3 is 2.50 bits per heavy atom. The highest BCUT2D eigenvalue weighted by Crippen LogP contribution is 2.10. The smallest absolute Gasteiger partial charge is 0.326 e. The van der Waals surface area contributed by atoms with E-state index in [1.807, 2.05) is 0 Å². The van der Waals surface area contributed by atoms with Crippen molar-refractivity contribution in [2.75, 3.05) is 13.1 Å². The molecule has 18 heavy (non-hydrogen) atoms. The molecule has 0 aliphatic carbocycles. The van der Waals surface area contributed by atoms with Gasteiger partial charge in [0.05, 0.1) is 12.5 Å². The Morgan fingerprint density at radius 2 is 2.00 bits per heavy atom. The summed E-state index contributed by atoms with van der Waals surface area (Å²) < 4.78 is 0. The summed E-state index contributed by atoms with van der Waals surface area (Å²) in [6, 6.07) is -2.13. The van der Waals surface area contributed by atoms with Crippen molar-refractivity contribution in [2.24, 2.45) is 0 Å². The van der Waals surface area contributed by atoms with Crippen LogP contribution in [0.4, 0.5) is 4.79 Å². The number of carboxylic acid groups (broad SMARTS) is 2. The minimum absolute atomic E-state index is 0.130. The minimum atomic E-state index is -1.46. The van der Waals surface area contributed by atoms with Crippen LogP contribution in [0.2, 0.25) is 0 Å². The maximum atomic E-state index is 11.7. The molecule has 0 bridgehead atoms. The van der Waals surface area contributed by atoms with Crippen molar-refractivity contribution >= 4 is 18.0 Å². The Bertz CT molecular complexity index is 345. The van der Waals surface area contributed by atoms with Gasteiger partial charge in [-0.15, -0.1) is 0 Å². The monoisotopic (exact) mass is 260 g/mol. The molecule has 8 nitrogen and oxygen atoms in total. The first kappa shape index (κ1) is 14.2. The van der Waals surface area contributed by atoms with Gasteiger partial charge in [-0.1, -0.05) is 0 Å². The number of urea groups is 1. The molecular formula is C10H16N2O6. The van der Waals surface area contributed by atoms with Gasteiger partial charge < -0.3 is 25.5 Å². The first-order valence-corrected chi connectivity index (χ1v) is 5.58. The van der Waals surface area contributed by atoms with Crippen molar-refractivity contribution in [3.63, 3.8) is 0 Å². The van der Waals surface area contributed by atoms with Crippen LogP contribution in [-0.2, 0) is 9.59 Å². The SMILES string of the molecule is O=C(O)C[C@H](NC(=O)N1CCCC(O)C1)C(=O)O. The van der Waals surface area contributed by atoms with Crippen molar-refractivity contribution in [3.8, 4) is 0 Å². The number of likely N-dealkylation sites (tertiary alicyclic amines) is 1. The molecule has 1 aliphatic heterocycles. The summed E-state index contributed by atoms with van der Waals surface area (Å²) in [6.07, 6.45) is -0.0727. The second-order valence-corrected chi connectivity index (χ2v) is 4.18. The number of hydrogen-bond donors (Lipinski definition) is 4. The van der Waals surface area contributed by atoms with E-state index in [4.69, 9.17) is 10.2 Å². The van der Waals surface area contributed by atoms with Gasteiger partial charge in [0.2, 0.25) is 0 Å². The molecule has 1 fully saturated rings. The van der Waals surface area contributed by atoms with Crippen LogP contribution in [0.15, 0.2) is 0 Å². The van der Waals surface area contributed by atoms with Crippen molar-refractivity contribution in [1.82, 2.24) is 10.2 Å². The Balaban J connectivity index is 2.54. The zero-order valence-corrected chi connectivity index (χ0v) is 9.70. The van der Waals surface area contributed by atoms with Gasteiger partial charge in [0.1, 0.15) is 6.04 Å². The maximum absolute atomic E-state index is 11.7. The fourth-order valence-corrected chi connectivity index (χ4v) is 1.75. The number of aliphatic hydroxyl groups is 1. The molecule has 0 aromatic carbocycles. The van der Waals surface area contributed by atoms with E-state index in [1.165, 1.54) is 4.90 Å². The van der Waals surface area contributed by atoms with Crippen LogP contribution in [0.5, 0.6) is 0 Å². The van der Waals surface area contributed by atoms with Crippen molar-refractivity contribution < 1.29 is 29.7 Å². The molecule has 8 heteroatoms. The average Bonchev–Trinajstić information content (AvgIpc) is 2.27. The highest BCUT2D eigenvalue weighted by molar-refractivity contribution is 5.86. The quantitative estimate of drug-likeness (QED) is 0.517. The molecule has 0 radical (unpaired) electrons. The summed E-state index contributed by atoms with van der Waals surface area (Å²) in [7, 11) is 0. The number of amides is 2. The third-order valence-electron chi connectivity index (χ3n) is 2.66. The largest absolute Gasteiger partial charge is 0.481 e. The molecule has 0 aromatic rings. The summed E-state index contributed by atoms with van der Waals surface area (Å²) in [5.74, 6) is -2.70. The highest BCUT2D eigenvalue weighted by atomic mass is 16.4. The second-order valence-electron chi connectivity index (χ2n) is 4.18. The van der Waals surface area contributed by atoms with Crippen LogP contribution in [-0.4, -0.2) is 63.4 Å². The van der Waals surface area contributed by atoms with Crippen LogP contribution < -0.4 is 5.32 Å². The third-order valence-corrected chi connectivity index (χ3v) is 2.66. The Labute approximate surface area is 103 Å². The normalized spacial score (nSPS) is 21.2.